The lowest BCUT2D eigenvalue weighted by molar-refractivity contribution is 0.118. The van der Waals surface area contributed by atoms with E-state index in [2.05, 4.69) is 121 Å². The number of benzene rings is 2. The van der Waals surface area contributed by atoms with Gasteiger partial charge in [-0.25, -0.2) is 0 Å². The summed E-state index contributed by atoms with van der Waals surface area (Å²) in [6, 6.07) is 21.8. The van der Waals surface area contributed by atoms with Gasteiger partial charge in [0.1, 0.15) is 0 Å². The van der Waals surface area contributed by atoms with Crippen molar-refractivity contribution in [3.05, 3.63) is 72.8 Å². The van der Waals surface area contributed by atoms with Crippen LogP contribution in [0.15, 0.2) is 72.8 Å². The Balaban J connectivity index is 2.88. The molecule has 0 fully saturated rings. The van der Waals surface area contributed by atoms with E-state index < -0.39 is 8.32 Å². The van der Waals surface area contributed by atoms with E-state index in [1.54, 1.807) is 0 Å². The molecule has 2 rings (SSSR count). The molecule has 0 aliphatic rings. The fourth-order valence-electron chi connectivity index (χ4n) is 3.79. The van der Waals surface area contributed by atoms with Crippen molar-refractivity contribution in [3.63, 3.8) is 0 Å². The highest BCUT2D eigenvalue weighted by molar-refractivity contribution is 6.99. The van der Waals surface area contributed by atoms with Crippen molar-refractivity contribution in [1.29, 1.82) is 0 Å². The minimum Gasteiger partial charge on any atom is -0.403 e. The Kier molecular flexibility index (Phi) is 6.31. The average molecular weight is 367 g/mol. The first-order valence-electron chi connectivity index (χ1n) is 9.55. The van der Waals surface area contributed by atoms with Crippen LogP contribution in [0.5, 0.6) is 0 Å². The van der Waals surface area contributed by atoms with E-state index in [9.17, 15) is 0 Å². The summed E-state index contributed by atoms with van der Waals surface area (Å²) in [5, 5.41) is 2.67. The maximum atomic E-state index is 7.13. The van der Waals surface area contributed by atoms with E-state index in [-0.39, 0.29) is 11.0 Å². The Morgan fingerprint density at radius 1 is 0.769 bits per heavy atom. The van der Waals surface area contributed by atoms with Crippen molar-refractivity contribution in [3.8, 4) is 0 Å². The Hall–Kier alpha value is -1.64. The molecule has 0 bridgehead atoms. The van der Waals surface area contributed by atoms with E-state index in [1.165, 1.54) is 10.4 Å². The molecule has 140 valence electrons. The molecule has 0 aromatic heterocycles. The maximum absolute atomic E-state index is 7.13. The Bertz CT molecular complexity index is 666. The highest BCUT2D eigenvalue weighted by atomic mass is 28.4. The van der Waals surface area contributed by atoms with Gasteiger partial charge in [0.25, 0.3) is 8.32 Å². The lowest BCUT2D eigenvalue weighted by Crippen LogP contribution is -2.68. The molecule has 0 radical (unpaired) electrons. The highest BCUT2D eigenvalue weighted by Crippen LogP contribution is 2.42. The van der Waals surface area contributed by atoms with Gasteiger partial charge < -0.3 is 4.43 Å². The third-order valence-electron chi connectivity index (χ3n) is 4.63. The maximum Gasteiger partial charge on any atom is 0.263 e. The molecule has 2 aromatic rings. The topological polar surface area (TPSA) is 9.23 Å². The third-order valence-corrected chi connectivity index (χ3v) is 9.88. The van der Waals surface area contributed by atoms with Crippen LogP contribution in [0, 0.1) is 5.41 Å². The smallest absolute Gasteiger partial charge is 0.263 e. The van der Waals surface area contributed by atoms with Crippen molar-refractivity contribution < 1.29 is 4.43 Å². The molecule has 0 N–H and O–H groups in total. The first kappa shape index (κ1) is 20.7. The molecule has 0 saturated heterocycles. The van der Waals surface area contributed by atoms with Crippen LogP contribution in [-0.4, -0.2) is 13.9 Å². The Morgan fingerprint density at radius 2 is 1.19 bits per heavy atom. The van der Waals surface area contributed by atoms with E-state index in [4.69, 9.17) is 4.43 Å². The summed E-state index contributed by atoms with van der Waals surface area (Å²) in [7, 11) is -2.56. The summed E-state index contributed by atoms with van der Waals surface area (Å²) in [5.74, 6) is 0. The van der Waals surface area contributed by atoms with Gasteiger partial charge in [-0.2, -0.15) is 0 Å². The molecule has 1 nitrogen and oxygen atoms in total. The van der Waals surface area contributed by atoms with Crippen LogP contribution < -0.4 is 10.4 Å². The van der Waals surface area contributed by atoms with E-state index in [1.807, 2.05) is 0 Å². The first-order chi connectivity index (χ1) is 12.1. The fourth-order valence-corrected chi connectivity index (χ4v) is 9.23. The standard InChI is InChI=1S/C24H34OSi/c1-8-15-22(23(2,3)4)26(25-24(5,6)7,20-16-11-9-12-17-20)21-18-13-10-14-19-21/h8-19,22H,1-7H3/b15-8+. The van der Waals surface area contributed by atoms with Crippen LogP contribution >= 0.6 is 0 Å². The van der Waals surface area contributed by atoms with Crippen LogP contribution in [0.25, 0.3) is 0 Å². The zero-order valence-corrected chi connectivity index (χ0v) is 18.4. The van der Waals surface area contributed by atoms with Crippen molar-refractivity contribution in [2.24, 2.45) is 5.41 Å². The second kappa shape index (κ2) is 7.94. The van der Waals surface area contributed by atoms with Crippen LogP contribution in [-0.2, 0) is 4.43 Å². The van der Waals surface area contributed by atoms with Gasteiger partial charge in [-0.1, -0.05) is 93.6 Å². The van der Waals surface area contributed by atoms with Crippen molar-refractivity contribution in [2.75, 3.05) is 0 Å². The predicted molar refractivity (Wildman–Crippen MR) is 117 cm³/mol. The molecule has 0 spiro atoms. The van der Waals surface area contributed by atoms with Crippen LogP contribution in [0.1, 0.15) is 48.5 Å². The van der Waals surface area contributed by atoms with Gasteiger partial charge in [0.2, 0.25) is 0 Å². The normalized spacial score (nSPS) is 14.6. The Labute approximate surface area is 161 Å². The van der Waals surface area contributed by atoms with E-state index in [0.717, 1.165) is 0 Å². The fraction of sp³-hybridized carbons (Fsp3) is 0.417. The van der Waals surface area contributed by atoms with Gasteiger partial charge >= 0.3 is 0 Å². The van der Waals surface area contributed by atoms with Crippen molar-refractivity contribution in [1.82, 2.24) is 0 Å². The zero-order valence-electron chi connectivity index (χ0n) is 17.4. The summed E-state index contributed by atoms with van der Waals surface area (Å²) in [6.07, 6.45) is 4.56. The van der Waals surface area contributed by atoms with Gasteiger partial charge in [0.05, 0.1) is 0 Å². The molecule has 1 atom stereocenters. The molecule has 0 heterocycles. The molecule has 2 aromatic carbocycles. The SMILES string of the molecule is C/C=C/C(C(C)(C)C)[Si](OC(C)(C)C)(c1ccccc1)c1ccccc1. The quantitative estimate of drug-likeness (QED) is 0.498. The summed E-state index contributed by atoms with van der Waals surface area (Å²) in [4.78, 5) is 0. The summed E-state index contributed by atoms with van der Waals surface area (Å²) >= 11 is 0. The first-order valence-corrected chi connectivity index (χ1v) is 11.5. The Morgan fingerprint density at radius 3 is 1.50 bits per heavy atom. The van der Waals surface area contributed by atoms with Gasteiger partial charge in [-0.15, -0.1) is 0 Å². The largest absolute Gasteiger partial charge is 0.403 e. The lowest BCUT2D eigenvalue weighted by Gasteiger charge is -2.47. The highest BCUT2D eigenvalue weighted by Gasteiger charge is 2.52. The molecule has 1 unspecified atom stereocenters. The molecule has 2 heteroatoms. The third kappa shape index (κ3) is 4.55. The van der Waals surface area contributed by atoms with Crippen LogP contribution in [0.3, 0.4) is 0 Å². The molecular formula is C24H34OSi. The number of rotatable bonds is 5. The number of allylic oxidation sites excluding steroid dienone is 2. The minimum absolute atomic E-state index is 0.0790. The molecule has 0 amide bonds. The van der Waals surface area contributed by atoms with Gasteiger partial charge in [-0.05, 0) is 43.5 Å². The van der Waals surface area contributed by atoms with Crippen LogP contribution in [0.2, 0.25) is 5.54 Å². The van der Waals surface area contributed by atoms with Crippen molar-refractivity contribution >= 4 is 18.7 Å². The summed E-state index contributed by atoms with van der Waals surface area (Å²) < 4.78 is 7.13. The molecular weight excluding hydrogens is 332 g/mol. The molecule has 0 saturated carbocycles. The van der Waals surface area contributed by atoms with Gasteiger partial charge in [0, 0.05) is 11.1 Å². The van der Waals surface area contributed by atoms with Gasteiger partial charge in [0.15, 0.2) is 0 Å². The van der Waals surface area contributed by atoms with Crippen LogP contribution in [0.4, 0.5) is 0 Å². The second-order valence-corrected chi connectivity index (χ2v) is 12.5. The summed E-state index contributed by atoms with van der Waals surface area (Å²) in [6.45, 7) is 15.6. The van der Waals surface area contributed by atoms with E-state index >= 15 is 0 Å². The van der Waals surface area contributed by atoms with E-state index in [0.29, 0.717) is 5.54 Å². The second-order valence-electron chi connectivity index (χ2n) is 9.05. The molecule has 0 aliphatic carbocycles. The predicted octanol–water partition coefficient (Wildman–Crippen LogP) is 5.55. The average Bonchev–Trinajstić information content (AvgIpc) is 2.57. The number of hydrogen-bond acceptors (Lipinski definition) is 1. The van der Waals surface area contributed by atoms with Gasteiger partial charge in [-0.3, -0.25) is 0 Å². The van der Waals surface area contributed by atoms with Crippen molar-refractivity contribution in [2.45, 2.75) is 59.6 Å². The number of hydrogen-bond donors (Lipinski definition) is 0. The monoisotopic (exact) mass is 366 g/mol. The lowest BCUT2D eigenvalue weighted by atomic mass is 9.91. The minimum atomic E-state index is -2.56. The zero-order chi connectivity index (χ0) is 19.4. The molecule has 26 heavy (non-hydrogen) atoms. The summed E-state index contributed by atoms with van der Waals surface area (Å²) in [5.41, 5.74) is 0.155. The molecule has 0 aliphatic heterocycles.